The van der Waals surface area contributed by atoms with Crippen LogP contribution in [0.15, 0.2) is 11.0 Å². The Kier molecular flexibility index (Phi) is 5.27. The summed E-state index contributed by atoms with van der Waals surface area (Å²) in [4.78, 5) is 12.5. The first-order valence-electron chi connectivity index (χ1n) is 7.77. The molecule has 5 nitrogen and oxygen atoms in total. The predicted molar refractivity (Wildman–Crippen MR) is 86.8 cm³/mol. The predicted octanol–water partition coefficient (Wildman–Crippen LogP) is 2.63. The molecule has 1 saturated carbocycles. The van der Waals surface area contributed by atoms with E-state index in [9.17, 15) is 4.79 Å². The maximum atomic E-state index is 12.5. The second kappa shape index (κ2) is 6.79. The van der Waals surface area contributed by atoms with Gasteiger partial charge in [0.25, 0.3) is 5.56 Å². The molecule has 0 saturated heterocycles. The fourth-order valence-corrected chi connectivity index (χ4v) is 2.63. The van der Waals surface area contributed by atoms with E-state index >= 15 is 0 Å². The number of halogens is 1. The Hall–Kier alpha value is -1.07. The smallest absolute Gasteiger partial charge is 0.291 e. The van der Waals surface area contributed by atoms with Crippen molar-refractivity contribution < 1.29 is 0 Å². The number of hydrogen-bond donors (Lipinski definition) is 2. The van der Waals surface area contributed by atoms with Crippen LogP contribution < -0.4 is 16.6 Å². The van der Waals surface area contributed by atoms with Crippen LogP contribution in [0.3, 0.4) is 0 Å². The molecular formula is C15H25ClN4O. The number of aromatic nitrogens is 2. The summed E-state index contributed by atoms with van der Waals surface area (Å²) in [6, 6.07) is 0. The molecule has 0 bridgehead atoms. The van der Waals surface area contributed by atoms with Crippen LogP contribution in [0.1, 0.15) is 46.0 Å². The van der Waals surface area contributed by atoms with Crippen LogP contribution in [0.4, 0.5) is 5.69 Å². The first kappa shape index (κ1) is 16.3. The minimum Gasteiger partial charge on any atom is -0.377 e. The zero-order valence-electron chi connectivity index (χ0n) is 12.9. The van der Waals surface area contributed by atoms with Crippen molar-refractivity contribution in [1.82, 2.24) is 9.78 Å². The van der Waals surface area contributed by atoms with Crippen LogP contribution in [0, 0.1) is 5.92 Å². The lowest BCUT2D eigenvalue weighted by atomic mass is 9.85. The zero-order valence-corrected chi connectivity index (χ0v) is 13.6. The van der Waals surface area contributed by atoms with E-state index in [2.05, 4.69) is 10.4 Å². The van der Waals surface area contributed by atoms with E-state index in [4.69, 9.17) is 17.3 Å². The van der Waals surface area contributed by atoms with Gasteiger partial charge in [0.05, 0.1) is 11.2 Å². The lowest BCUT2D eigenvalue weighted by Crippen LogP contribution is -2.46. The highest BCUT2D eigenvalue weighted by molar-refractivity contribution is 6.33. The Morgan fingerprint density at radius 2 is 2.14 bits per heavy atom. The Morgan fingerprint density at radius 1 is 1.48 bits per heavy atom. The van der Waals surface area contributed by atoms with Crippen LogP contribution >= 0.6 is 11.6 Å². The number of nitrogens with two attached hydrogens (primary N) is 1. The van der Waals surface area contributed by atoms with Crippen LogP contribution in [-0.4, -0.2) is 21.9 Å². The average Bonchev–Trinajstić information content (AvgIpc) is 2.44. The summed E-state index contributed by atoms with van der Waals surface area (Å²) in [6.45, 7) is 5.31. The Balaban J connectivity index is 2.14. The van der Waals surface area contributed by atoms with Gasteiger partial charge in [0.15, 0.2) is 0 Å². The summed E-state index contributed by atoms with van der Waals surface area (Å²) in [7, 11) is 0. The average molecular weight is 313 g/mol. The maximum absolute atomic E-state index is 12.5. The van der Waals surface area contributed by atoms with Gasteiger partial charge in [0, 0.05) is 18.6 Å². The van der Waals surface area contributed by atoms with Gasteiger partial charge in [-0.3, -0.25) is 4.79 Å². The molecule has 1 aliphatic carbocycles. The molecule has 0 aromatic carbocycles. The Morgan fingerprint density at radius 3 is 2.67 bits per heavy atom. The molecule has 2 rings (SSSR count). The fraction of sp³-hybridized carbons (Fsp3) is 0.733. The Labute approximate surface area is 130 Å². The first-order chi connectivity index (χ1) is 9.99. The van der Waals surface area contributed by atoms with Gasteiger partial charge in [-0.05, 0) is 31.6 Å². The molecule has 0 aliphatic heterocycles. The molecule has 1 fully saturated rings. The van der Waals surface area contributed by atoms with Crippen molar-refractivity contribution in [3.05, 3.63) is 21.6 Å². The molecule has 1 aromatic heterocycles. The normalized spacial score (nSPS) is 15.8. The van der Waals surface area contributed by atoms with E-state index in [-0.39, 0.29) is 11.1 Å². The third-order valence-electron chi connectivity index (χ3n) is 4.68. The van der Waals surface area contributed by atoms with Crippen molar-refractivity contribution in [2.45, 2.75) is 58.0 Å². The second-order valence-electron chi connectivity index (χ2n) is 6.07. The van der Waals surface area contributed by atoms with E-state index in [1.807, 2.05) is 13.8 Å². The third-order valence-corrected chi connectivity index (χ3v) is 4.97. The maximum Gasteiger partial charge on any atom is 0.291 e. The number of nitrogens with zero attached hydrogens (tertiary/aromatic N) is 2. The van der Waals surface area contributed by atoms with E-state index in [0.717, 1.165) is 12.8 Å². The van der Waals surface area contributed by atoms with Crippen molar-refractivity contribution in [2.24, 2.45) is 11.7 Å². The summed E-state index contributed by atoms with van der Waals surface area (Å²) in [5.74, 6) is 0.573. The van der Waals surface area contributed by atoms with E-state index < -0.39 is 0 Å². The molecule has 0 unspecified atom stereocenters. The number of hydrogen-bond acceptors (Lipinski definition) is 4. The molecule has 0 amide bonds. The molecule has 1 aromatic rings. The van der Waals surface area contributed by atoms with Crippen LogP contribution in [0.2, 0.25) is 5.02 Å². The SMILES string of the molecule is CCC(N)(CC)CNc1c(Cl)cnn(CC2CCC2)c1=O. The first-order valence-corrected chi connectivity index (χ1v) is 8.15. The van der Waals surface area contributed by atoms with Gasteiger partial charge in [-0.25, -0.2) is 4.68 Å². The van der Waals surface area contributed by atoms with Crippen LogP contribution in [0.5, 0.6) is 0 Å². The summed E-state index contributed by atoms with van der Waals surface area (Å²) in [6.07, 6.45) is 6.83. The summed E-state index contributed by atoms with van der Waals surface area (Å²) >= 11 is 6.12. The van der Waals surface area contributed by atoms with Crippen LogP contribution in [0.25, 0.3) is 0 Å². The molecule has 3 N–H and O–H groups in total. The highest BCUT2D eigenvalue weighted by Crippen LogP contribution is 2.27. The van der Waals surface area contributed by atoms with E-state index in [1.165, 1.54) is 23.9 Å². The molecular weight excluding hydrogens is 288 g/mol. The van der Waals surface area contributed by atoms with Crippen molar-refractivity contribution in [3.63, 3.8) is 0 Å². The van der Waals surface area contributed by atoms with Gasteiger partial charge in [0.1, 0.15) is 5.69 Å². The van der Waals surface area contributed by atoms with Crippen LogP contribution in [-0.2, 0) is 6.54 Å². The van der Waals surface area contributed by atoms with Crippen molar-refractivity contribution >= 4 is 17.3 Å². The number of anilines is 1. The molecule has 6 heteroatoms. The fourth-order valence-electron chi connectivity index (χ4n) is 2.44. The van der Waals surface area contributed by atoms with Gasteiger partial charge < -0.3 is 11.1 Å². The third kappa shape index (κ3) is 3.77. The van der Waals surface area contributed by atoms with Crippen molar-refractivity contribution in [1.29, 1.82) is 0 Å². The van der Waals surface area contributed by atoms with Gasteiger partial charge in [-0.1, -0.05) is 31.9 Å². The van der Waals surface area contributed by atoms with Gasteiger partial charge >= 0.3 is 0 Å². The zero-order chi connectivity index (χ0) is 15.5. The molecule has 0 radical (unpaired) electrons. The van der Waals surface area contributed by atoms with Gasteiger partial charge in [-0.2, -0.15) is 5.10 Å². The largest absolute Gasteiger partial charge is 0.377 e. The molecule has 0 spiro atoms. The molecule has 21 heavy (non-hydrogen) atoms. The highest BCUT2D eigenvalue weighted by Gasteiger charge is 2.23. The minimum absolute atomic E-state index is 0.149. The highest BCUT2D eigenvalue weighted by atomic mass is 35.5. The lowest BCUT2D eigenvalue weighted by molar-refractivity contribution is 0.262. The van der Waals surface area contributed by atoms with Crippen molar-refractivity contribution in [2.75, 3.05) is 11.9 Å². The number of rotatable bonds is 7. The summed E-state index contributed by atoms with van der Waals surface area (Å²) in [5, 5.41) is 7.65. The number of nitrogens with one attached hydrogen (secondary N) is 1. The molecule has 1 heterocycles. The van der Waals surface area contributed by atoms with E-state index in [0.29, 0.717) is 29.7 Å². The summed E-state index contributed by atoms with van der Waals surface area (Å²) < 4.78 is 1.52. The van der Waals surface area contributed by atoms with Crippen molar-refractivity contribution in [3.8, 4) is 0 Å². The van der Waals surface area contributed by atoms with Gasteiger partial charge in [-0.15, -0.1) is 0 Å². The topological polar surface area (TPSA) is 72.9 Å². The standard InChI is InChI=1S/C15H25ClN4O/c1-3-15(17,4-2)10-18-13-12(16)8-19-20(14(13)21)9-11-6-5-7-11/h8,11,18H,3-7,9-10,17H2,1-2H3. The summed E-state index contributed by atoms with van der Waals surface area (Å²) in [5.41, 5.74) is 6.21. The quantitative estimate of drug-likeness (QED) is 0.811. The van der Waals surface area contributed by atoms with E-state index in [1.54, 1.807) is 6.20 Å². The molecule has 0 atom stereocenters. The minimum atomic E-state index is -0.322. The molecule has 118 valence electrons. The Bertz CT molecular complexity index is 535. The lowest BCUT2D eigenvalue weighted by Gasteiger charge is -2.28. The van der Waals surface area contributed by atoms with Gasteiger partial charge in [0.2, 0.25) is 0 Å². The monoisotopic (exact) mass is 312 g/mol. The second-order valence-corrected chi connectivity index (χ2v) is 6.48. The molecule has 1 aliphatic rings.